The Morgan fingerprint density at radius 3 is 2.20 bits per heavy atom. The van der Waals surface area contributed by atoms with Crippen LogP contribution in [0.3, 0.4) is 0 Å². The Balaban J connectivity index is 0. The molecule has 0 aliphatic heterocycles. The molecule has 0 saturated carbocycles. The minimum absolute atomic E-state index is 0. The van der Waals surface area contributed by atoms with E-state index in [1.54, 1.807) is 0 Å². The van der Waals surface area contributed by atoms with Crippen molar-refractivity contribution in [2.24, 2.45) is 0 Å². The Hall–Kier alpha value is -0.0866. The number of allylic oxidation sites excluding steroid dienone is 5. The van der Waals surface area contributed by atoms with Crippen LogP contribution in [0.5, 0.6) is 0 Å². The van der Waals surface area contributed by atoms with Crippen molar-refractivity contribution in [3.8, 4) is 0 Å². The van der Waals surface area contributed by atoms with Gasteiger partial charge < -0.3 is 12.4 Å². The Kier molecular flexibility index (Phi) is 8.84. The van der Waals surface area contributed by atoms with Gasteiger partial charge in [0.15, 0.2) is 0 Å². The zero-order valence-electron chi connectivity index (χ0n) is 5.68. The molecule has 10 heavy (non-hydrogen) atoms. The van der Waals surface area contributed by atoms with Gasteiger partial charge in [0.2, 0.25) is 0 Å². The molecule has 1 rings (SSSR count). The quantitative estimate of drug-likeness (QED) is 0.351. The molecule has 0 aromatic heterocycles. The van der Waals surface area contributed by atoms with Crippen LogP contribution >= 0.6 is 0 Å². The zero-order valence-corrected chi connectivity index (χ0v) is 9.40. The number of hydrogen-bond donors (Lipinski definition) is 0. The fourth-order valence-corrected chi connectivity index (χ4v) is 0.556. The van der Waals surface area contributed by atoms with Gasteiger partial charge in [0.1, 0.15) is 0 Å². The van der Waals surface area contributed by atoms with Crippen LogP contribution in [-0.2, 0) is 19.5 Å². The molecule has 0 saturated heterocycles. The van der Waals surface area contributed by atoms with E-state index in [1.165, 1.54) is 0 Å². The molecule has 0 heterocycles. The summed E-state index contributed by atoms with van der Waals surface area (Å²) in [7, 11) is 0. The van der Waals surface area contributed by atoms with Gasteiger partial charge in [0.05, 0.1) is 0 Å². The van der Waals surface area contributed by atoms with E-state index in [9.17, 15) is 0 Å². The van der Waals surface area contributed by atoms with Crippen LogP contribution in [-0.4, -0.2) is 0 Å². The Morgan fingerprint density at radius 2 is 1.90 bits per heavy atom. The zero-order chi connectivity index (χ0) is 5.82. The third kappa shape index (κ3) is 3.85. The van der Waals surface area contributed by atoms with Crippen LogP contribution in [0.2, 0.25) is 0 Å². The van der Waals surface area contributed by atoms with E-state index in [2.05, 4.69) is 12.3 Å². The standard InChI is InChI=1S/C8H7.ClH.Zn/c1-2-8-6-4-3-5-7-8;;/h3-7H,1H2;1H;/p-1. The van der Waals surface area contributed by atoms with Crippen molar-refractivity contribution in [2.45, 2.75) is 0 Å². The Bertz CT molecular complexity index is 185. The first-order chi connectivity index (χ1) is 3.93. The van der Waals surface area contributed by atoms with E-state index in [4.69, 9.17) is 0 Å². The van der Waals surface area contributed by atoms with Crippen LogP contribution < -0.4 is 12.4 Å². The predicted octanol–water partition coefficient (Wildman–Crippen LogP) is -0.971. The van der Waals surface area contributed by atoms with Gasteiger partial charge in [-0.15, -0.1) is 5.73 Å². The van der Waals surface area contributed by atoms with Gasteiger partial charge in [0, 0.05) is 31.5 Å². The summed E-state index contributed by atoms with van der Waals surface area (Å²) in [4.78, 5) is 0. The second-order valence-electron chi connectivity index (χ2n) is 1.54. The molecule has 0 amide bonds. The summed E-state index contributed by atoms with van der Waals surface area (Å²) in [6.45, 7) is 3.51. The second-order valence-corrected chi connectivity index (χ2v) is 1.54. The number of halogens is 1. The largest absolute Gasteiger partial charge is 1.00 e. The molecule has 0 aromatic carbocycles. The van der Waals surface area contributed by atoms with Crippen LogP contribution in [0.25, 0.3) is 0 Å². The molecule has 0 N–H and O–H groups in total. The average Bonchev–Trinajstić information content (AvgIpc) is 1.90. The summed E-state index contributed by atoms with van der Waals surface area (Å²) in [5.74, 6) is 0. The maximum atomic E-state index is 3.51. The van der Waals surface area contributed by atoms with E-state index >= 15 is 0 Å². The summed E-state index contributed by atoms with van der Waals surface area (Å²) >= 11 is 0. The molecule has 1 aliphatic carbocycles. The van der Waals surface area contributed by atoms with Crippen molar-refractivity contribution in [3.05, 3.63) is 48.6 Å². The molecule has 0 aromatic rings. The van der Waals surface area contributed by atoms with Crippen LogP contribution in [0.1, 0.15) is 0 Å². The molecule has 1 radical (unpaired) electrons. The summed E-state index contributed by atoms with van der Waals surface area (Å²) < 4.78 is 0. The number of hydrogen-bond acceptors (Lipinski definition) is 0. The van der Waals surface area contributed by atoms with Crippen molar-refractivity contribution in [1.82, 2.24) is 0 Å². The topological polar surface area (TPSA) is 0 Å². The molecule has 0 atom stereocenters. The molecule has 0 fully saturated rings. The van der Waals surface area contributed by atoms with Gasteiger partial charge in [-0.3, -0.25) is 0 Å². The van der Waals surface area contributed by atoms with Crippen LogP contribution in [0.4, 0.5) is 0 Å². The monoisotopic (exact) mass is 202 g/mol. The van der Waals surface area contributed by atoms with E-state index in [0.29, 0.717) is 0 Å². The molecule has 0 unspecified atom stereocenters. The maximum Gasteiger partial charge on any atom is 0.0204 e. The van der Waals surface area contributed by atoms with E-state index < -0.39 is 0 Å². The van der Waals surface area contributed by atoms with Crippen molar-refractivity contribution in [2.75, 3.05) is 0 Å². The molecular weight excluding hydrogens is 197 g/mol. The van der Waals surface area contributed by atoms with Gasteiger partial charge in [-0.05, 0) is 0 Å². The van der Waals surface area contributed by atoms with E-state index in [0.717, 1.165) is 5.57 Å². The maximum absolute atomic E-state index is 3.51. The first-order valence-corrected chi connectivity index (χ1v) is 2.51. The Morgan fingerprint density at radius 1 is 1.20 bits per heavy atom. The summed E-state index contributed by atoms with van der Waals surface area (Å²) in [6.07, 6.45) is 9.84. The summed E-state index contributed by atoms with van der Waals surface area (Å²) in [6, 6.07) is 0. The summed E-state index contributed by atoms with van der Waals surface area (Å²) in [5, 5.41) is 0. The first-order valence-electron chi connectivity index (χ1n) is 2.51. The minimum atomic E-state index is 0. The SMILES string of the molecule is C=C=C1[CH]C=CC=C1.[Cl-].[Zn]. The fourth-order valence-electron chi connectivity index (χ4n) is 0.556. The summed E-state index contributed by atoms with van der Waals surface area (Å²) in [5.41, 5.74) is 3.83. The van der Waals surface area contributed by atoms with Gasteiger partial charge in [-0.25, -0.2) is 0 Å². The van der Waals surface area contributed by atoms with Crippen LogP contribution in [0.15, 0.2) is 42.2 Å². The first kappa shape index (κ1) is 12.6. The van der Waals surface area contributed by atoms with Gasteiger partial charge in [-0.1, -0.05) is 30.9 Å². The third-order valence-corrected chi connectivity index (χ3v) is 0.978. The predicted molar refractivity (Wildman–Crippen MR) is 35.2 cm³/mol. The molecule has 0 spiro atoms. The van der Waals surface area contributed by atoms with Crippen LogP contribution in [0, 0.1) is 6.42 Å². The van der Waals surface area contributed by atoms with Crippen molar-refractivity contribution >= 4 is 0 Å². The van der Waals surface area contributed by atoms with Crippen molar-refractivity contribution in [3.63, 3.8) is 0 Å². The molecule has 0 nitrogen and oxygen atoms in total. The minimum Gasteiger partial charge on any atom is -1.00 e. The normalized spacial score (nSPS) is 13.0. The van der Waals surface area contributed by atoms with Crippen molar-refractivity contribution < 1.29 is 31.9 Å². The smallest absolute Gasteiger partial charge is 0.0204 e. The van der Waals surface area contributed by atoms with Gasteiger partial charge in [0.25, 0.3) is 0 Å². The van der Waals surface area contributed by atoms with Gasteiger partial charge in [-0.2, -0.15) is 0 Å². The third-order valence-electron chi connectivity index (χ3n) is 0.978. The molecular formula is C8H7ClZn-. The van der Waals surface area contributed by atoms with E-state index in [1.807, 2.05) is 30.7 Å². The second kappa shape index (κ2) is 7.03. The molecule has 1 aliphatic rings. The average molecular weight is 204 g/mol. The molecule has 0 bridgehead atoms. The fraction of sp³-hybridized carbons (Fsp3) is 0. The van der Waals surface area contributed by atoms with Crippen molar-refractivity contribution in [1.29, 1.82) is 0 Å². The van der Waals surface area contributed by atoms with E-state index in [-0.39, 0.29) is 31.9 Å². The number of rotatable bonds is 0. The molecule has 49 valence electrons. The van der Waals surface area contributed by atoms with Gasteiger partial charge >= 0.3 is 0 Å². The Labute approximate surface area is 80.6 Å². The molecule has 2 heteroatoms.